The summed E-state index contributed by atoms with van der Waals surface area (Å²) < 4.78 is 11.3. The van der Waals surface area contributed by atoms with Crippen molar-refractivity contribution in [3.05, 3.63) is 60.1 Å². The van der Waals surface area contributed by atoms with Crippen LogP contribution in [0, 0.1) is 0 Å². The van der Waals surface area contributed by atoms with Crippen LogP contribution in [-0.2, 0) is 0 Å². The summed E-state index contributed by atoms with van der Waals surface area (Å²) in [4.78, 5) is 2.27. The highest BCUT2D eigenvalue weighted by Gasteiger charge is 2.23. The number of anilines is 1. The first-order valence-electron chi connectivity index (χ1n) is 8.40. The summed E-state index contributed by atoms with van der Waals surface area (Å²) in [5.74, 6) is 0.968. The molecule has 0 saturated carbocycles. The highest BCUT2D eigenvalue weighted by molar-refractivity contribution is 6.05. The van der Waals surface area contributed by atoms with E-state index in [0.29, 0.717) is 0 Å². The maximum Gasteiger partial charge on any atom is 0.143 e. The fraction of sp³-hybridized carbons (Fsp3) is 0.238. The molecule has 2 heterocycles. The summed E-state index contributed by atoms with van der Waals surface area (Å²) >= 11 is 0. The van der Waals surface area contributed by atoms with Crippen molar-refractivity contribution in [1.82, 2.24) is 0 Å². The predicted octanol–water partition coefficient (Wildman–Crippen LogP) is 5.21. The van der Waals surface area contributed by atoms with Crippen LogP contribution in [0.25, 0.3) is 22.4 Å². The average Bonchev–Trinajstić information content (AvgIpc) is 3.14. The van der Waals surface area contributed by atoms with E-state index in [1.54, 1.807) is 6.26 Å². The largest absolute Gasteiger partial charge is 0.491 e. The molecule has 0 saturated heterocycles. The zero-order chi connectivity index (χ0) is 16.5. The van der Waals surface area contributed by atoms with Gasteiger partial charge in [-0.3, -0.25) is 0 Å². The van der Waals surface area contributed by atoms with Crippen molar-refractivity contribution in [2.45, 2.75) is 13.3 Å². The van der Waals surface area contributed by atoms with Gasteiger partial charge in [0.15, 0.2) is 0 Å². The van der Waals surface area contributed by atoms with E-state index in [9.17, 15) is 0 Å². The molecule has 0 atom stereocenters. The van der Waals surface area contributed by atoms with E-state index in [1.165, 1.54) is 27.6 Å². The quantitative estimate of drug-likeness (QED) is 0.660. The van der Waals surface area contributed by atoms with Crippen LogP contribution in [0.4, 0.5) is 5.69 Å². The molecule has 3 nitrogen and oxygen atoms in total. The van der Waals surface area contributed by atoms with Gasteiger partial charge in [0, 0.05) is 24.7 Å². The van der Waals surface area contributed by atoms with Crippen molar-refractivity contribution in [1.29, 1.82) is 0 Å². The number of rotatable bonds is 4. The highest BCUT2D eigenvalue weighted by Crippen LogP contribution is 2.43. The summed E-state index contributed by atoms with van der Waals surface area (Å²) in [5.41, 5.74) is 4.80. The molecule has 122 valence electrons. The minimum atomic E-state index is 0.733. The number of fused-ring (bicyclic) bond motifs is 3. The third-order valence-corrected chi connectivity index (χ3v) is 4.49. The molecule has 3 heteroatoms. The third-order valence-electron chi connectivity index (χ3n) is 4.49. The van der Waals surface area contributed by atoms with Crippen LogP contribution < -0.4 is 9.64 Å². The summed E-state index contributed by atoms with van der Waals surface area (Å²) in [6.45, 7) is 3.71. The minimum Gasteiger partial charge on any atom is -0.491 e. The summed E-state index contributed by atoms with van der Waals surface area (Å²) in [5, 5.41) is 2.46. The summed E-state index contributed by atoms with van der Waals surface area (Å²) in [6.07, 6.45) is 6.82. The molecule has 1 aliphatic rings. The molecule has 0 radical (unpaired) electrons. The molecule has 1 aliphatic heterocycles. The molecule has 4 rings (SSSR count). The van der Waals surface area contributed by atoms with Gasteiger partial charge < -0.3 is 14.1 Å². The number of hydrogen-bond donors (Lipinski definition) is 0. The van der Waals surface area contributed by atoms with Crippen molar-refractivity contribution in [2.24, 2.45) is 0 Å². The van der Waals surface area contributed by atoms with Gasteiger partial charge in [0.1, 0.15) is 5.75 Å². The molecule has 0 amide bonds. The van der Waals surface area contributed by atoms with Crippen molar-refractivity contribution in [3.8, 4) is 5.75 Å². The van der Waals surface area contributed by atoms with Crippen molar-refractivity contribution in [2.75, 3.05) is 25.1 Å². The van der Waals surface area contributed by atoms with Gasteiger partial charge in [0.05, 0.1) is 24.8 Å². The molecule has 0 unspecified atom stereocenters. The Bertz CT molecular complexity index is 894. The van der Waals surface area contributed by atoms with E-state index in [1.807, 2.05) is 12.3 Å². The van der Waals surface area contributed by atoms with Crippen LogP contribution in [0.1, 0.15) is 24.5 Å². The van der Waals surface area contributed by atoms with Crippen molar-refractivity contribution in [3.63, 3.8) is 0 Å². The Labute approximate surface area is 142 Å². The maximum atomic E-state index is 6.07. The standard InChI is InChI=1S/C21H21NO2/c1-3-9-24-20-12-15-6-4-5-7-18(15)19-11-17(13-22(2)21(19)20)16-8-10-23-14-16/h4-8,10-12,14H,3,9,13H2,1-2H3. The minimum absolute atomic E-state index is 0.733. The molecule has 0 bridgehead atoms. The zero-order valence-corrected chi connectivity index (χ0v) is 14.1. The molecule has 0 fully saturated rings. The number of benzene rings is 2. The van der Waals surface area contributed by atoms with Gasteiger partial charge in [0.25, 0.3) is 0 Å². The molecule has 1 aromatic heterocycles. The molecule has 24 heavy (non-hydrogen) atoms. The van der Waals surface area contributed by atoms with E-state index in [2.05, 4.69) is 55.3 Å². The Balaban J connectivity index is 1.95. The number of furan rings is 1. The lowest BCUT2D eigenvalue weighted by Gasteiger charge is -2.30. The Morgan fingerprint density at radius 2 is 2.08 bits per heavy atom. The molecule has 0 spiro atoms. The van der Waals surface area contributed by atoms with E-state index in [-0.39, 0.29) is 0 Å². The van der Waals surface area contributed by atoms with Gasteiger partial charge in [-0.15, -0.1) is 0 Å². The van der Waals surface area contributed by atoms with E-state index >= 15 is 0 Å². The first kappa shape index (κ1) is 14.9. The fourth-order valence-corrected chi connectivity index (χ4v) is 3.38. The van der Waals surface area contributed by atoms with Gasteiger partial charge in [-0.05, 0) is 41.0 Å². The Morgan fingerprint density at radius 3 is 2.88 bits per heavy atom. The van der Waals surface area contributed by atoms with E-state index in [4.69, 9.17) is 9.15 Å². The van der Waals surface area contributed by atoms with Crippen LogP contribution in [0.2, 0.25) is 0 Å². The number of ether oxygens (including phenoxy) is 1. The summed E-state index contributed by atoms with van der Waals surface area (Å²) in [6, 6.07) is 12.7. The molecule has 0 aliphatic carbocycles. The lowest BCUT2D eigenvalue weighted by molar-refractivity contribution is 0.318. The number of hydrogen-bond acceptors (Lipinski definition) is 3. The smallest absolute Gasteiger partial charge is 0.143 e. The van der Waals surface area contributed by atoms with E-state index < -0.39 is 0 Å². The zero-order valence-electron chi connectivity index (χ0n) is 14.1. The first-order chi connectivity index (χ1) is 11.8. The van der Waals surface area contributed by atoms with Crippen LogP contribution >= 0.6 is 0 Å². The second kappa shape index (κ2) is 6.08. The second-order valence-electron chi connectivity index (χ2n) is 6.24. The Hall–Kier alpha value is -2.68. The van der Waals surface area contributed by atoms with Gasteiger partial charge in [-0.2, -0.15) is 0 Å². The van der Waals surface area contributed by atoms with Gasteiger partial charge in [-0.25, -0.2) is 0 Å². The van der Waals surface area contributed by atoms with Crippen LogP contribution in [-0.4, -0.2) is 20.2 Å². The molecule has 0 N–H and O–H groups in total. The number of likely N-dealkylation sites (N-methyl/N-ethyl adjacent to an activating group) is 1. The van der Waals surface area contributed by atoms with Crippen LogP contribution in [0.3, 0.4) is 0 Å². The monoisotopic (exact) mass is 319 g/mol. The maximum absolute atomic E-state index is 6.07. The first-order valence-corrected chi connectivity index (χ1v) is 8.40. The van der Waals surface area contributed by atoms with Gasteiger partial charge in [0.2, 0.25) is 0 Å². The lowest BCUT2D eigenvalue weighted by Crippen LogP contribution is -2.24. The van der Waals surface area contributed by atoms with Crippen molar-refractivity contribution >= 4 is 28.1 Å². The molecule has 2 aromatic carbocycles. The fourth-order valence-electron chi connectivity index (χ4n) is 3.38. The normalized spacial score (nSPS) is 13.8. The van der Waals surface area contributed by atoms with E-state index in [0.717, 1.165) is 30.9 Å². The van der Waals surface area contributed by atoms with Crippen LogP contribution in [0.5, 0.6) is 5.75 Å². The molecular formula is C21H21NO2. The van der Waals surface area contributed by atoms with Crippen molar-refractivity contribution < 1.29 is 9.15 Å². The Kier molecular flexibility index (Phi) is 3.77. The second-order valence-corrected chi connectivity index (χ2v) is 6.24. The topological polar surface area (TPSA) is 25.6 Å². The molecular weight excluding hydrogens is 298 g/mol. The average molecular weight is 319 g/mol. The Morgan fingerprint density at radius 1 is 1.21 bits per heavy atom. The predicted molar refractivity (Wildman–Crippen MR) is 99.6 cm³/mol. The lowest BCUT2D eigenvalue weighted by atomic mass is 9.94. The number of nitrogens with zero attached hydrogens (tertiary/aromatic N) is 1. The molecule has 3 aromatic rings. The SMILES string of the molecule is CCCOc1cc2ccccc2c2c1N(C)CC(c1ccoc1)=C2. The third kappa shape index (κ3) is 2.46. The van der Waals surface area contributed by atoms with Gasteiger partial charge in [-0.1, -0.05) is 31.2 Å². The summed E-state index contributed by atoms with van der Waals surface area (Å²) in [7, 11) is 2.12. The highest BCUT2D eigenvalue weighted by atomic mass is 16.5. The van der Waals surface area contributed by atoms with Crippen LogP contribution in [0.15, 0.2) is 53.3 Å². The van der Waals surface area contributed by atoms with Gasteiger partial charge >= 0.3 is 0 Å².